The summed E-state index contributed by atoms with van der Waals surface area (Å²) in [5.41, 5.74) is -1.88. The fourth-order valence-electron chi connectivity index (χ4n) is 4.71. The van der Waals surface area contributed by atoms with Gasteiger partial charge in [0.25, 0.3) is 0 Å². The van der Waals surface area contributed by atoms with Crippen molar-refractivity contribution < 1.29 is 58.5 Å². The number of halogens is 9. The Bertz CT molecular complexity index is 1140. The second kappa shape index (κ2) is 11.3. The third-order valence-electron chi connectivity index (χ3n) is 6.69. The molecule has 2 aromatic rings. The zero-order valence-corrected chi connectivity index (χ0v) is 20.2. The molecule has 0 radical (unpaired) electrons. The first-order valence-electron chi connectivity index (χ1n) is 11.9. The maximum Gasteiger partial charge on any atom is 0.573 e. The van der Waals surface area contributed by atoms with Gasteiger partial charge >= 0.3 is 12.5 Å². The minimum atomic E-state index is -5.42. The van der Waals surface area contributed by atoms with Crippen LogP contribution in [0.2, 0.25) is 0 Å². The molecule has 214 valence electrons. The Kier molecular flexibility index (Phi) is 8.41. The molecular formula is C26H23F9O4. The van der Waals surface area contributed by atoms with E-state index < -0.39 is 70.6 Å². The minimum Gasteiger partial charge on any atom is -0.432 e. The van der Waals surface area contributed by atoms with E-state index in [1.807, 2.05) is 0 Å². The largest absolute Gasteiger partial charge is 0.573 e. The highest BCUT2D eigenvalue weighted by Gasteiger charge is 2.46. The zero-order chi connectivity index (χ0) is 28.5. The molecule has 13 heteroatoms. The maximum atomic E-state index is 14.9. The molecule has 1 aliphatic heterocycles. The number of benzene rings is 2. The highest BCUT2D eigenvalue weighted by molar-refractivity contribution is 5.67. The van der Waals surface area contributed by atoms with Crippen molar-refractivity contribution in [3.8, 4) is 22.6 Å². The zero-order valence-electron chi connectivity index (χ0n) is 20.2. The van der Waals surface area contributed by atoms with E-state index in [1.54, 1.807) is 6.08 Å². The molecule has 0 spiro atoms. The van der Waals surface area contributed by atoms with Crippen LogP contribution in [0.1, 0.15) is 25.7 Å². The lowest BCUT2D eigenvalue weighted by Gasteiger charge is -2.38. The van der Waals surface area contributed by atoms with Gasteiger partial charge in [0.2, 0.25) is 5.75 Å². The van der Waals surface area contributed by atoms with E-state index in [1.165, 1.54) is 0 Å². The molecule has 39 heavy (non-hydrogen) atoms. The van der Waals surface area contributed by atoms with Gasteiger partial charge in [-0.25, -0.2) is 17.6 Å². The van der Waals surface area contributed by atoms with Crippen LogP contribution in [0.25, 0.3) is 11.1 Å². The van der Waals surface area contributed by atoms with Gasteiger partial charge in [-0.3, -0.25) is 0 Å². The first kappa shape index (κ1) is 29.1. The first-order chi connectivity index (χ1) is 18.3. The van der Waals surface area contributed by atoms with Crippen molar-refractivity contribution in [2.45, 2.75) is 44.4 Å². The van der Waals surface area contributed by atoms with Crippen molar-refractivity contribution >= 4 is 0 Å². The summed E-state index contributed by atoms with van der Waals surface area (Å²) in [6.07, 6.45) is -7.28. The lowest BCUT2D eigenvalue weighted by Crippen LogP contribution is -2.41. The molecule has 2 aromatic carbocycles. The number of ether oxygens (including phenoxy) is 4. The van der Waals surface area contributed by atoms with Crippen LogP contribution < -0.4 is 9.47 Å². The predicted molar refractivity (Wildman–Crippen MR) is 119 cm³/mol. The normalized spacial score (nSPS) is 24.3. The molecule has 0 bridgehead atoms. The summed E-state index contributed by atoms with van der Waals surface area (Å²) in [7, 11) is 0. The van der Waals surface area contributed by atoms with Crippen LogP contribution in [0.15, 0.2) is 36.9 Å². The summed E-state index contributed by atoms with van der Waals surface area (Å²) in [6.45, 7) is 4.52. The molecule has 1 saturated carbocycles. The van der Waals surface area contributed by atoms with Crippen molar-refractivity contribution in [3.63, 3.8) is 0 Å². The van der Waals surface area contributed by atoms with E-state index in [4.69, 9.17) is 9.47 Å². The lowest BCUT2D eigenvalue weighted by atomic mass is 9.80. The van der Waals surface area contributed by atoms with Crippen LogP contribution in [-0.2, 0) is 9.47 Å². The fourth-order valence-corrected chi connectivity index (χ4v) is 4.71. The molecule has 4 nitrogen and oxygen atoms in total. The third-order valence-corrected chi connectivity index (χ3v) is 6.69. The molecule has 1 heterocycles. The second-order valence-corrected chi connectivity index (χ2v) is 9.39. The Morgan fingerprint density at radius 2 is 1.31 bits per heavy atom. The predicted octanol–water partition coefficient (Wildman–Crippen LogP) is 7.76. The highest BCUT2D eigenvalue weighted by atomic mass is 19.4. The number of hydrogen-bond acceptors (Lipinski definition) is 4. The number of hydrogen-bond donors (Lipinski definition) is 0. The molecule has 4 rings (SSSR count). The third kappa shape index (κ3) is 6.81. The molecular weight excluding hydrogens is 547 g/mol. The summed E-state index contributed by atoms with van der Waals surface area (Å²) in [6, 6.07) is 1.23. The van der Waals surface area contributed by atoms with Crippen molar-refractivity contribution in [2.24, 2.45) is 17.8 Å². The summed E-state index contributed by atoms with van der Waals surface area (Å²) in [4.78, 5) is 0. The van der Waals surface area contributed by atoms with Crippen LogP contribution in [-0.4, -0.2) is 32.0 Å². The van der Waals surface area contributed by atoms with Gasteiger partial charge in [-0.05, 0) is 43.4 Å². The monoisotopic (exact) mass is 570 g/mol. The average Bonchev–Trinajstić information content (AvgIpc) is 2.85. The molecule has 0 atom stereocenters. The molecule has 0 aromatic heterocycles. The Morgan fingerprint density at radius 1 is 0.769 bits per heavy atom. The van der Waals surface area contributed by atoms with Gasteiger partial charge in [-0.1, -0.05) is 6.08 Å². The topological polar surface area (TPSA) is 36.9 Å². The van der Waals surface area contributed by atoms with E-state index in [9.17, 15) is 39.5 Å². The van der Waals surface area contributed by atoms with Crippen LogP contribution in [0.4, 0.5) is 39.5 Å². The molecule has 0 amide bonds. The molecule has 0 unspecified atom stereocenters. The van der Waals surface area contributed by atoms with Gasteiger partial charge in [0.05, 0.1) is 24.7 Å². The van der Waals surface area contributed by atoms with Gasteiger partial charge in [0, 0.05) is 24.0 Å². The van der Waals surface area contributed by atoms with Crippen molar-refractivity contribution in [2.75, 3.05) is 13.2 Å². The van der Waals surface area contributed by atoms with Gasteiger partial charge in [0.1, 0.15) is 17.4 Å². The molecule has 2 fully saturated rings. The van der Waals surface area contributed by atoms with Crippen molar-refractivity contribution in [3.05, 3.63) is 60.2 Å². The Morgan fingerprint density at radius 3 is 1.79 bits per heavy atom. The van der Waals surface area contributed by atoms with Gasteiger partial charge in [0.15, 0.2) is 17.9 Å². The first-order valence-corrected chi connectivity index (χ1v) is 11.9. The molecule has 0 N–H and O–H groups in total. The van der Waals surface area contributed by atoms with Gasteiger partial charge < -0.3 is 18.9 Å². The van der Waals surface area contributed by atoms with Crippen LogP contribution in [0.5, 0.6) is 11.5 Å². The van der Waals surface area contributed by atoms with E-state index in [-0.39, 0.29) is 36.8 Å². The summed E-state index contributed by atoms with van der Waals surface area (Å²) in [5, 5.41) is 0. The van der Waals surface area contributed by atoms with Crippen molar-refractivity contribution in [1.82, 2.24) is 0 Å². The Balaban J connectivity index is 1.44. The highest BCUT2D eigenvalue weighted by Crippen LogP contribution is 2.43. The SMILES string of the molecule is C=CC1COC(C2CCC(C(F)(F)Oc3cc(F)c(-c4cc(F)c(OC(F)(F)F)c(F)c4)c(F)c3)CC2)OC1. The van der Waals surface area contributed by atoms with Crippen LogP contribution in [0, 0.1) is 41.0 Å². The Labute approximate surface area is 217 Å². The summed E-state index contributed by atoms with van der Waals surface area (Å²) in [5.74, 6) is -10.8. The van der Waals surface area contributed by atoms with Crippen LogP contribution >= 0.6 is 0 Å². The molecule has 2 aliphatic rings. The van der Waals surface area contributed by atoms with E-state index in [0.29, 0.717) is 38.2 Å². The smallest absolute Gasteiger partial charge is 0.432 e. The standard InChI is InChI=1S/C26H23F9O4/c1-2-13-11-36-24(37-12-13)14-3-5-16(6-4-14)25(31,32)38-17-9-18(27)22(19(28)10-17)15-7-20(29)23(21(30)8-15)39-26(33,34)35/h2,7-10,13-14,16,24H,1,3-6,11-12H2. The van der Waals surface area contributed by atoms with Crippen molar-refractivity contribution in [1.29, 1.82) is 0 Å². The lowest BCUT2D eigenvalue weighted by molar-refractivity contribution is -0.276. The second-order valence-electron chi connectivity index (χ2n) is 9.39. The Hall–Kier alpha value is -2.93. The minimum absolute atomic E-state index is 0.0275. The maximum absolute atomic E-state index is 14.9. The fraction of sp³-hybridized carbons (Fsp3) is 0.462. The van der Waals surface area contributed by atoms with E-state index in [2.05, 4.69) is 16.1 Å². The number of alkyl halides is 5. The summed E-state index contributed by atoms with van der Waals surface area (Å²) < 4.78 is 143. The average molecular weight is 570 g/mol. The molecule has 1 aliphatic carbocycles. The molecule has 1 saturated heterocycles. The number of rotatable bonds is 7. The van der Waals surface area contributed by atoms with Gasteiger partial charge in [-0.2, -0.15) is 8.78 Å². The van der Waals surface area contributed by atoms with E-state index >= 15 is 0 Å². The van der Waals surface area contributed by atoms with Crippen LogP contribution in [0.3, 0.4) is 0 Å². The quantitative estimate of drug-likeness (QED) is 0.252. The van der Waals surface area contributed by atoms with Gasteiger partial charge in [-0.15, -0.1) is 19.8 Å². The summed E-state index contributed by atoms with van der Waals surface area (Å²) >= 11 is 0. The van der Waals surface area contributed by atoms with E-state index in [0.717, 1.165) is 0 Å².